The molecule has 1 aliphatic rings. The maximum atomic E-state index is 12.4. The molecule has 0 saturated carbocycles. The van der Waals surface area contributed by atoms with E-state index in [1.807, 2.05) is 4.90 Å². The maximum absolute atomic E-state index is 12.4. The van der Waals surface area contributed by atoms with E-state index in [1.165, 1.54) is 6.42 Å². The molecule has 1 aromatic carbocycles. The van der Waals surface area contributed by atoms with E-state index in [0.717, 1.165) is 12.8 Å². The first kappa shape index (κ1) is 17.4. The lowest BCUT2D eigenvalue weighted by Crippen LogP contribution is -2.47. The number of halogens is 2. The van der Waals surface area contributed by atoms with Crippen LogP contribution in [0.1, 0.15) is 46.0 Å². The molecule has 1 saturated heterocycles. The summed E-state index contributed by atoms with van der Waals surface area (Å²) in [6, 6.07) is 5.85. The molecule has 0 radical (unpaired) electrons. The molecule has 22 heavy (non-hydrogen) atoms. The van der Waals surface area contributed by atoms with E-state index >= 15 is 0 Å². The molecule has 0 unspecified atom stereocenters. The SMILES string of the molecule is C[C@H]1CCC[C@H](C)N1C(=O)CCCOc1ccc(Cl)cc1Cl. The van der Waals surface area contributed by atoms with Crippen molar-refractivity contribution in [2.75, 3.05) is 6.61 Å². The highest BCUT2D eigenvalue weighted by Gasteiger charge is 2.28. The highest BCUT2D eigenvalue weighted by atomic mass is 35.5. The molecule has 2 rings (SSSR count). The molecule has 2 atom stereocenters. The predicted octanol–water partition coefficient (Wildman–Crippen LogP) is 4.94. The largest absolute Gasteiger partial charge is 0.492 e. The number of carbonyl (C=O) groups is 1. The van der Waals surface area contributed by atoms with Crippen LogP contribution in [0.15, 0.2) is 18.2 Å². The molecule has 0 bridgehead atoms. The standard InChI is InChI=1S/C17H23Cl2NO2/c1-12-5-3-6-13(2)20(12)17(21)7-4-10-22-16-9-8-14(18)11-15(16)19/h8-9,11-13H,3-7,10H2,1-2H3/t12-,13-/m0/s1. The zero-order chi connectivity index (χ0) is 16.1. The second kappa shape index (κ2) is 8.07. The third-order valence-electron chi connectivity index (χ3n) is 4.17. The van der Waals surface area contributed by atoms with Gasteiger partial charge in [0.25, 0.3) is 0 Å². The minimum absolute atomic E-state index is 0.227. The van der Waals surface area contributed by atoms with Gasteiger partial charge in [-0.3, -0.25) is 4.79 Å². The fourth-order valence-corrected chi connectivity index (χ4v) is 3.50. The van der Waals surface area contributed by atoms with Crippen molar-refractivity contribution >= 4 is 29.1 Å². The first-order valence-corrected chi connectivity index (χ1v) is 8.63. The summed E-state index contributed by atoms with van der Waals surface area (Å²) in [6.45, 7) is 4.75. The lowest BCUT2D eigenvalue weighted by Gasteiger charge is -2.39. The minimum Gasteiger partial charge on any atom is -0.492 e. The summed E-state index contributed by atoms with van der Waals surface area (Å²) in [5.41, 5.74) is 0. The molecule has 0 aliphatic carbocycles. The average molecular weight is 344 g/mol. The van der Waals surface area contributed by atoms with Gasteiger partial charge >= 0.3 is 0 Å². The lowest BCUT2D eigenvalue weighted by atomic mass is 9.97. The van der Waals surface area contributed by atoms with Crippen molar-refractivity contribution in [2.45, 2.75) is 58.0 Å². The highest BCUT2D eigenvalue weighted by Crippen LogP contribution is 2.28. The molecule has 1 amide bonds. The smallest absolute Gasteiger partial charge is 0.223 e. The van der Waals surface area contributed by atoms with Gasteiger partial charge in [0.15, 0.2) is 0 Å². The third kappa shape index (κ3) is 4.53. The van der Waals surface area contributed by atoms with Gasteiger partial charge < -0.3 is 9.64 Å². The van der Waals surface area contributed by atoms with Crippen molar-refractivity contribution in [3.05, 3.63) is 28.2 Å². The second-order valence-corrected chi connectivity index (χ2v) is 6.80. The van der Waals surface area contributed by atoms with Crippen LogP contribution in [0.4, 0.5) is 0 Å². The summed E-state index contributed by atoms with van der Waals surface area (Å²) in [4.78, 5) is 14.4. The van der Waals surface area contributed by atoms with Gasteiger partial charge in [0.1, 0.15) is 5.75 Å². The van der Waals surface area contributed by atoms with Crippen molar-refractivity contribution in [2.24, 2.45) is 0 Å². The Kier molecular flexibility index (Phi) is 6.39. The van der Waals surface area contributed by atoms with Gasteiger partial charge in [0, 0.05) is 23.5 Å². The molecule has 1 heterocycles. The zero-order valence-corrected chi connectivity index (χ0v) is 14.7. The van der Waals surface area contributed by atoms with Crippen molar-refractivity contribution in [1.82, 2.24) is 4.90 Å². The van der Waals surface area contributed by atoms with Gasteiger partial charge in [-0.25, -0.2) is 0 Å². The Morgan fingerprint density at radius 1 is 1.27 bits per heavy atom. The fraction of sp³-hybridized carbons (Fsp3) is 0.588. The van der Waals surface area contributed by atoms with Gasteiger partial charge in [-0.15, -0.1) is 0 Å². The molecule has 1 aliphatic heterocycles. The second-order valence-electron chi connectivity index (χ2n) is 5.96. The Balaban J connectivity index is 1.77. The number of hydrogen-bond donors (Lipinski definition) is 0. The number of nitrogens with zero attached hydrogens (tertiary/aromatic N) is 1. The summed E-state index contributed by atoms with van der Waals surface area (Å²) in [6.07, 6.45) is 4.62. The van der Waals surface area contributed by atoms with Crippen LogP contribution in [-0.2, 0) is 4.79 Å². The lowest BCUT2D eigenvalue weighted by molar-refractivity contribution is -0.137. The van der Waals surface area contributed by atoms with Crippen molar-refractivity contribution in [3.8, 4) is 5.75 Å². The number of ether oxygens (including phenoxy) is 1. The van der Waals surface area contributed by atoms with E-state index in [4.69, 9.17) is 27.9 Å². The molecule has 122 valence electrons. The average Bonchev–Trinajstić information content (AvgIpc) is 2.45. The molecule has 0 spiro atoms. The van der Waals surface area contributed by atoms with Gasteiger partial charge in [-0.1, -0.05) is 23.2 Å². The van der Waals surface area contributed by atoms with E-state index in [2.05, 4.69) is 13.8 Å². The van der Waals surface area contributed by atoms with E-state index in [0.29, 0.717) is 47.3 Å². The van der Waals surface area contributed by atoms with Gasteiger partial charge in [0.05, 0.1) is 11.6 Å². The molecule has 5 heteroatoms. The fourth-order valence-electron chi connectivity index (χ4n) is 3.04. The molecule has 3 nitrogen and oxygen atoms in total. The molecular weight excluding hydrogens is 321 g/mol. The number of likely N-dealkylation sites (tertiary alicyclic amines) is 1. The van der Waals surface area contributed by atoms with E-state index in [9.17, 15) is 4.79 Å². The first-order valence-electron chi connectivity index (χ1n) is 7.88. The summed E-state index contributed by atoms with van der Waals surface area (Å²) in [5, 5.41) is 1.08. The molecule has 0 N–H and O–H groups in total. The first-order chi connectivity index (χ1) is 10.5. The third-order valence-corrected chi connectivity index (χ3v) is 4.70. The molecular formula is C17H23Cl2NO2. The Labute approximate surface area is 142 Å². The van der Waals surface area contributed by atoms with Crippen LogP contribution < -0.4 is 4.74 Å². The topological polar surface area (TPSA) is 29.5 Å². The van der Waals surface area contributed by atoms with Crippen molar-refractivity contribution < 1.29 is 9.53 Å². The predicted molar refractivity (Wildman–Crippen MR) is 90.8 cm³/mol. The Hall–Kier alpha value is -0.930. The Morgan fingerprint density at radius 2 is 1.95 bits per heavy atom. The van der Waals surface area contributed by atoms with Crippen LogP contribution >= 0.6 is 23.2 Å². The van der Waals surface area contributed by atoms with Gasteiger partial charge in [0.2, 0.25) is 5.91 Å². The summed E-state index contributed by atoms with van der Waals surface area (Å²) < 4.78 is 5.62. The number of piperidine rings is 1. The van der Waals surface area contributed by atoms with Crippen molar-refractivity contribution in [1.29, 1.82) is 0 Å². The van der Waals surface area contributed by atoms with Crippen LogP contribution in [0.3, 0.4) is 0 Å². The Bertz CT molecular complexity index is 511. The molecule has 1 fully saturated rings. The van der Waals surface area contributed by atoms with Gasteiger partial charge in [-0.05, 0) is 57.7 Å². The molecule has 1 aromatic rings. The normalized spacial score (nSPS) is 21.7. The molecule has 0 aromatic heterocycles. The highest BCUT2D eigenvalue weighted by molar-refractivity contribution is 6.35. The zero-order valence-electron chi connectivity index (χ0n) is 13.1. The van der Waals surface area contributed by atoms with Crippen LogP contribution in [0, 0.1) is 0 Å². The monoisotopic (exact) mass is 343 g/mol. The van der Waals surface area contributed by atoms with Crippen LogP contribution in [0.25, 0.3) is 0 Å². The van der Waals surface area contributed by atoms with Crippen LogP contribution in [0.2, 0.25) is 10.0 Å². The van der Waals surface area contributed by atoms with Crippen molar-refractivity contribution in [3.63, 3.8) is 0 Å². The van der Waals surface area contributed by atoms with E-state index < -0.39 is 0 Å². The quantitative estimate of drug-likeness (QED) is 0.708. The van der Waals surface area contributed by atoms with E-state index in [-0.39, 0.29) is 5.91 Å². The van der Waals surface area contributed by atoms with Gasteiger partial charge in [-0.2, -0.15) is 0 Å². The maximum Gasteiger partial charge on any atom is 0.223 e. The summed E-state index contributed by atoms with van der Waals surface area (Å²) in [5.74, 6) is 0.837. The summed E-state index contributed by atoms with van der Waals surface area (Å²) >= 11 is 11.9. The number of benzene rings is 1. The van der Waals surface area contributed by atoms with E-state index in [1.54, 1.807) is 18.2 Å². The van der Waals surface area contributed by atoms with Crippen LogP contribution in [-0.4, -0.2) is 29.5 Å². The number of rotatable bonds is 5. The van der Waals surface area contributed by atoms with Crippen LogP contribution in [0.5, 0.6) is 5.75 Å². The number of amides is 1. The number of carbonyl (C=O) groups excluding carboxylic acids is 1. The Morgan fingerprint density at radius 3 is 2.59 bits per heavy atom. The number of hydrogen-bond acceptors (Lipinski definition) is 2. The minimum atomic E-state index is 0.227. The summed E-state index contributed by atoms with van der Waals surface area (Å²) in [7, 11) is 0.